The fourth-order valence-corrected chi connectivity index (χ4v) is 2.99. The molecule has 0 bridgehead atoms. The van der Waals surface area contributed by atoms with Crippen molar-refractivity contribution in [1.82, 2.24) is 5.32 Å². The molecule has 3 rings (SSSR count). The number of furan rings is 1. The smallest absolute Gasteiger partial charge is 0.338 e. The maximum absolute atomic E-state index is 11.7. The molecule has 1 aromatic carbocycles. The normalized spacial score (nSPS) is 14.4. The van der Waals surface area contributed by atoms with Crippen molar-refractivity contribution < 1.29 is 13.9 Å². The van der Waals surface area contributed by atoms with E-state index < -0.39 is 0 Å². The summed E-state index contributed by atoms with van der Waals surface area (Å²) in [6.07, 6.45) is 5.19. The highest BCUT2D eigenvalue weighted by Crippen LogP contribution is 2.24. The van der Waals surface area contributed by atoms with Crippen molar-refractivity contribution in [2.45, 2.75) is 45.2 Å². The van der Waals surface area contributed by atoms with E-state index in [9.17, 15) is 4.79 Å². The number of benzene rings is 1. The maximum Gasteiger partial charge on any atom is 0.338 e. The first kappa shape index (κ1) is 18.6. The van der Waals surface area contributed by atoms with Crippen molar-refractivity contribution >= 4 is 18.4 Å². The van der Waals surface area contributed by atoms with E-state index in [1.807, 2.05) is 24.3 Å². The third-order valence-corrected chi connectivity index (χ3v) is 4.26. The number of carbonyl (C=O) groups excluding carboxylic acids is 1. The van der Waals surface area contributed by atoms with Gasteiger partial charge in [-0.3, -0.25) is 0 Å². The molecule has 5 heteroatoms. The second-order valence-electron chi connectivity index (χ2n) is 5.93. The van der Waals surface area contributed by atoms with Gasteiger partial charge in [0.05, 0.1) is 18.7 Å². The molecular weight excluding hydrogens is 326 g/mol. The van der Waals surface area contributed by atoms with Crippen molar-refractivity contribution in [1.29, 1.82) is 0 Å². The van der Waals surface area contributed by atoms with Gasteiger partial charge in [-0.05, 0) is 44.0 Å². The van der Waals surface area contributed by atoms with Gasteiger partial charge in [-0.2, -0.15) is 0 Å². The van der Waals surface area contributed by atoms with Crippen LogP contribution in [0.4, 0.5) is 0 Å². The number of ether oxygens (including phenoxy) is 1. The minimum Gasteiger partial charge on any atom is -0.462 e. The van der Waals surface area contributed by atoms with Crippen LogP contribution >= 0.6 is 12.4 Å². The van der Waals surface area contributed by atoms with E-state index in [1.165, 1.54) is 25.7 Å². The maximum atomic E-state index is 11.7. The van der Waals surface area contributed by atoms with E-state index in [0.29, 0.717) is 18.2 Å². The molecule has 1 N–H and O–H groups in total. The zero-order valence-electron chi connectivity index (χ0n) is 13.9. The molecule has 0 aliphatic heterocycles. The molecule has 1 aliphatic carbocycles. The van der Waals surface area contributed by atoms with Gasteiger partial charge in [0, 0.05) is 11.6 Å². The molecule has 1 aromatic heterocycles. The van der Waals surface area contributed by atoms with E-state index >= 15 is 0 Å². The fraction of sp³-hybridized carbons (Fsp3) is 0.421. The van der Waals surface area contributed by atoms with Crippen molar-refractivity contribution in [3.05, 3.63) is 47.7 Å². The highest BCUT2D eigenvalue weighted by molar-refractivity contribution is 5.89. The minimum absolute atomic E-state index is 0. The van der Waals surface area contributed by atoms with Crippen LogP contribution in [-0.2, 0) is 11.3 Å². The van der Waals surface area contributed by atoms with Crippen LogP contribution in [-0.4, -0.2) is 18.6 Å². The lowest BCUT2D eigenvalue weighted by Gasteiger charge is -2.09. The van der Waals surface area contributed by atoms with Gasteiger partial charge in [0.25, 0.3) is 0 Å². The molecule has 0 saturated heterocycles. The van der Waals surface area contributed by atoms with Crippen LogP contribution in [0.25, 0.3) is 11.3 Å². The molecule has 0 unspecified atom stereocenters. The average Bonchev–Trinajstić information content (AvgIpc) is 3.25. The Balaban J connectivity index is 0.00000208. The highest BCUT2D eigenvalue weighted by atomic mass is 35.5. The van der Waals surface area contributed by atoms with Gasteiger partial charge < -0.3 is 14.5 Å². The van der Waals surface area contributed by atoms with E-state index in [0.717, 1.165) is 23.6 Å². The van der Waals surface area contributed by atoms with Crippen LogP contribution in [0.1, 0.15) is 48.7 Å². The summed E-state index contributed by atoms with van der Waals surface area (Å²) in [7, 11) is 0. The van der Waals surface area contributed by atoms with Crippen LogP contribution in [0.5, 0.6) is 0 Å². The summed E-state index contributed by atoms with van der Waals surface area (Å²) in [6, 6.07) is 11.9. The summed E-state index contributed by atoms with van der Waals surface area (Å²) >= 11 is 0. The van der Waals surface area contributed by atoms with E-state index in [1.54, 1.807) is 19.1 Å². The molecule has 0 spiro atoms. The van der Waals surface area contributed by atoms with Crippen molar-refractivity contribution in [2.75, 3.05) is 6.61 Å². The van der Waals surface area contributed by atoms with Crippen LogP contribution in [0.3, 0.4) is 0 Å². The molecule has 130 valence electrons. The lowest BCUT2D eigenvalue weighted by atomic mass is 10.1. The van der Waals surface area contributed by atoms with Crippen molar-refractivity contribution in [3.8, 4) is 11.3 Å². The molecule has 1 fully saturated rings. The highest BCUT2D eigenvalue weighted by Gasteiger charge is 2.15. The first-order valence-electron chi connectivity index (χ1n) is 8.36. The lowest BCUT2D eigenvalue weighted by Crippen LogP contribution is -2.24. The summed E-state index contributed by atoms with van der Waals surface area (Å²) in [6.45, 7) is 2.96. The molecule has 0 atom stereocenters. The zero-order valence-corrected chi connectivity index (χ0v) is 14.7. The number of nitrogens with one attached hydrogen (secondary N) is 1. The second kappa shape index (κ2) is 8.90. The van der Waals surface area contributed by atoms with Gasteiger partial charge >= 0.3 is 5.97 Å². The van der Waals surface area contributed by atoms with Gasteiger partial charge in [0.1, 0.15) is 11.5 Å². The monoisotopic (exact) mass is 349 g/mol. The molecule has 4 nitrogen and oxygen atoms in total. The van der Waals surface area contributed by atoms with Crippen molar-refractivity contribution in [2.24, 2.45) is 0 Å². The van der Waals surface area contributed by atoms with E-state index in [-0.39, 0.29) is 18.4 Å². The molecule has 24 heavy (non-hydrogen) atoms. The van der Waals surface area contributed by atoms with Gasteiger partial charge in [-0.1, -0.05) is 25.0 Å². The Labute approximate surface area is 149 Å². The zero-order chi connectivity index (χ0) is 16.1. The van der Waals surface area contributed by atoms with Crippen LogP contribution in [0.15, 0.2) is 40.8 Å². The molecule has 1 aliphatic rings. The molecule has 1 saturated carbocycles. The quantitative estimate of drug-likeness (QED) is 0.776. The summed E-state index contributed by atoms with van der Waals surface area (Å²) in [5.41, 5.74) is 1.52. The Bertz CT molecular complexity index is 645. The SMILES string of the molecule is CCOC(=O)c1ccc(-c2ccc(CNC3CCCC3)o2)cc1.Cl. The predicted molar refractivity (Wildman–Crippen MR) is 96.4 cm³/mol. The Morgan fingerprint density at radius 2 is 1.88 bits per heavy atom. The largest absolute Gasteiger partial charge is 0.462 e. The molecular formula is C19H24ClNO3. The Kier molecular flexibility index (Phi) is 6.88. The van der Waals surface area contributed by atoms with Crippen molar-refractivity contribution in [3.63, 3.8) is 0 Å². The summed E-state index contributed by atoms with van der Waals surface area (Å²) in [4.78, 5) is 11.7. The third-order valence-electron chi connectivity index (χ3n) is 4.26. The Morgan fingerprint density at radius 1 is 1.17 bits per heavy atom. The topological polar surface area (TPSA) is 51.5 Å². The number of esters is 1. The molecule has 2 aromatic rings. The van der Waals surface area contributed by atoms with Crippen LogP contribution in [0.2, 0.25) is 0 Å². The number of hydrogen-bond donors (Lipinski definition) is 1. The second-order valence-corrected chi connectivity index (χ2v) is 5.93. The lowest BCUT2D eigenvalue weighted by molar-refractivity contribution is 0.0526. The van der Waals surface area contributed by atoms with Crippen LogP contribution < -0.4 is 5.32 Å². The summed E-state index contributed by atoms with van der Waals surface area (Å²) < 4.78 is 10.9. The minimum atomic E-state index is -0.292. The Hall–Kier alpha value is -1.78. The first-order valence-corrected chi connectivity index (χ1v) is 8.36. The van der Waals surface area contributed by atoms with E-state index in [2.05, 4.69) is 5.32 Å². The predicted octanol–water partition coefficient (Wildman–Crippen LogP) is 4.58. The number of halogens is 1. The van der Waals surface area contributed by atoms with Crippen LogP contribution in [0, 0.1) is 0 Å². The fourth-order valence-electron chi connectivity index (χ4n) is 2.99. The van der Waals surface area contributed by atoms with Gasteiger partial charge in [0.2, 0.25) is 0 Å². The number of rotatable bonds is 6. The van der Waals surface area contributed by atoms with Gasteiger partial charge in [-0.25, -0.2) is 4.79 Å². The number of hydrogen-bond acceptors (Lipinski definition) is 4. The number of carbonyl (C=O) groups is 1. The summed E-state index contributed by atoms with van der Waals surface area (Å²) in [5, 5.41) is 3.55. The average molecular weight is 350 g/mol. The van der Waals surface area contributed by atoms with E-state index in [4.69, 9.17) is 9.15 Å². The molecule has 1 heterocycles. The Morgan fingerprint density at radius 3 is 2.54 bits per heavy atom. The molecule has 0 amide bonds. The van der Waals surface area contributed by atoms with Gasteiger partial charge in [0.15, 0.2) is 0 Å². The standard InChI is InChI=1S/C19H23NO3.ClH/c1-2-22-19(21)15-9-7-14(8-10-15)18-12-11-17(23-18)13-20-16-5-3-4-6-16;/h7-12,16,20H,2-6,13H2,1H3;1H. The molecule has 0 radical (unpaired) electrons. The first-order chi connectivity index (χ1) is 11.3. The van der Waals surface area contributed by atoms with Gasteiger partial charge in [-0.15, -0.1) is 12.4 Å². The third kappa shape index (κ3) is 4.62. The summed E-state index contributed by atoms with van der Waals surface area (Å²) in [5.74, 6) is 1.48.